The molecule has 7 heteroatoms. The standard InChI is InChI=1S/C18H17ClN4OS/c1-3-13-4-6-14(7-5-13)17(24)12(2)25-18-20-21-22-23(18)16-10-8-15(19)9-11-16/h4-12H,3H2,1-2H3/t12-/m1/s1. The van der Waals surface area contributed by atoms with Gasteiger partial charge in [0.15, 0.2) is 5.78 Å². The number of halogens is 1. The number of thioether (sulfide) groups is 1. The van der Waals surface area contributed by atoms with Crippen molar-refractivity contribution >= 4 is 29.1 Å². The monoisotopic (exact) mass is 372 g/mol. The number of Topliss-reactive ketones (excluding diaryl/α,β-unsaturated/α-hetero) is 1. The molecule has 0 N–H and O–H groups in total. The van der Waals surface area contributed by atoms with Gasteiger partial charge in [0.2, 0.25) is 5.16 Å². The lowest BCUT2D eigenvalue weighted by molar-refractivity contribution is 0.0994. The fraction of sp³-hybridized carbons (Fsp3) is 0.222. The van der Waals surface area contributed by atoms with Crippen molar-refractivity contribution in [2.45, 2.75) is 30.7 Å². The number of nitrogens with zero attached hydrogens (tertiary/aromatic N) is 4. The lowest BCUT2D eigenvalue weighted by atomic mass is 10.1. The molecule has 1 atom stereocenters. The van der Waals surface area contributed by atoms with Crippen molar-refractivity contribution < 1.29 is 4.79 Å². The highest BCUT2D eigenvalue weighted by Crippen LogP contribution is 2.26. The second-order valence-electron chi connectivity index (χ2n) is 5.52. The number of rotatable bonds is 6. The molecule has 0 saturated carbocycles. The molecule has 0 spiro atoms. The highest BCUT2D eigenvalue weighted by molar-refractivity contribution is 8.00. The fourth-order valence-corrected chi connectivity index (χ4v) is 3.36. The average Bonchev–Trinajstić information content (AvgIpc) is 3.10. The van der Waals surface area contributed by atoms with Crippen LogP contribution in [-0.2, 0) is 6.42 Å². The van der Waals surface area contributed by atoms with Crippen molar-refractivity contribution in [2.24, 2.45) is 0 Å². The van der Waals surface area contributed by atoms with Gasteiger partial charge in [0, 0.05) is 10.6 Å². The van der Waals surface area contributed by atoms with Crippen LogP contribution in [0.3, 0.4) is 0 Å². The molecular weight excluding hydrogens is 356 g/mol. The van der Waals surface area contributed by atoms with Gasteiger partial charge in [-0.05, 0) is 53.6 Å². The highest BCUT2D eigenvalue weighted by atomic mass is 35.5. The van der Waals surface area contributed by atoms with Crippen molar-refractivity contribution in [1.29, 1.82) is 0 Å². The number of carbonyl (C=O) groups is 1. The third-order valence-electron chi connectivity index (χ3n) is 3.81. The van der Waals surface area contributed by atoms with Gasteiger partial charge in [-0.2, -0.15) is 4.68 Å². The van der Waals surface area contributed by atoms with E-state index in [9.17, 15) is 4.79 Å². The molecule has 0 aliphatic carbocycles. The van der Waals surface area contributed by atoms with Crippen LogP contribution in [0.15, 0.2) is 53.7 Å². The minimum Gasteiger partial charge on any atom is -0.293 e. The number of aromatic nitrogens is 4. The highest BCUT2D eigenvalue weighted by Gasteiger charge is 2.20. The van der Waals surface area contributed by atoms with Crippen LogP contribution >= 0.6 is 23.4 Å². The number of hydrogen-bond donors (Lipinski definition) is 0. The largest absolute Gasteiger partial charge is 0.293 e. The molecule has 2 aromatic carbocycles. The van der Waals surface area contributed by atoms with E-state index in [0.717, 1.165) is 12.1 Å². The first-order valence-corrected chi connectivity index (χ1v) is 9.18. The Kier molecular flexibility index (Phi) is 5.50. The van der Waals surface area contributed by atoms with E-state index in [1.807, 2.05) is 43.3 Å². The van der Waals surface area contributed by atoms with Gasteiger partial charge >= 0.3 is 0 Å². The Morgan fingerprint density at radius 2 is 1.84 bits per heavy atom. The molecule has 0 amide bonds. The number of benzene rings is 2. The van der Waals surface area contributed by atoms with E-state index >= 15 is 0 Å². The normalized spacial score (nSPS) is 12.1. The number of tetrazole rings is 1. The van der Waals surface area contributed by atoms with Gasteiger partial charge in [0.05, 0.1) is 10.9 Å². The average molecular weight is 373 g/mol. The maximum atomic E-state index is 12.6. The van der Waals surface area contributed by atoms with Crippen molar-refractivity contribution in [1.82, 2.24) is 20.2 Å². The third-order valence-corrected chi connectivity index (χ3v) is 5.10. The zero-order valence-electron chi connectivity index (χ0n) is 13.9. The molecule has 3 aromatic rings. The maximum absolute atomic E-state index is 12.6. The lowest BCUT2D eigenvalue weighted by Crippen LogP contribution is -2.14. The molecule has 1 heterocycles. The molecule has 5 nitrogen and oxygen atoms in total. The summed E-state index contributed by atoms with van der Waals surface area (Å²) in [4.78, 5) is 12.6. The van der Waals surface area contributed by atoms with E-state index < -0.39 is 0 Å². The minimum absolute atomic E-state index is 0.0540. The zero-order valence-corrected chi connectivity index (χ0v) is 15.5. The third kappa shape index (κ3) is 4.08. The van der Waals surface area contributed by atoms with Crippen LogP contribution in [0.1, 0.15) is 29.8 Å². The van der Waals surface area contributed by atoms with Crippen LogP contribution in [0, 0.1) is 0 Å². The first kappa shape index (κ1) is 17.6. The molecular formula is C18H17ClN4OS. The number of ketones is 1. The number of hydrogen-bond acceptors (Lipinski definition) is 5. The van der Waals surface area contributed by atoms with E-state index in [-0.39, 0.29) is 11.0 Å². The Labute approximate surface area is 155 Å². The zero-order chi connectivity index (χ0) is 17.8. The number of carbonyl (C=O) groups excluding carboxylic acids is 1. The van der Waals surface area contributed by atoms with Gasteiger partial charge in [-0.3, -0.25) is 4.79 Å². The SMILES string of the molecule is CCc1ccc(C(=O)[C@@H](C)Sc2nnnn2-c2ccc(Cl)cc2)cc1. The molecule has 0 unspecified atom stereocenters. The second kappa shape index (κ2) is 7.80. The lowest BCUT2D eigenvalue weighted by Gasteiger charge is -2.10. The molecule has 0 aliphatic heterocycles. The van der Waals surface area contributed by atoms with Gasteiger partial charge in [-0.25, -0.2) is 0 Å². The van der Waals surface area contributed by atoms with Crippen molar-refractivity contribution in [3.8, 4) is 5.69 Å². The Bertz CT molecular complexity index is 862. The number of aryl methyl sites for hydroxylation is 1. The van der Waals surface area contributed by atoms with Crippen LogP contribution in [-0.4, -0.2) is 31.2 Å². The van der Waals surface area contributed by atoms with Gasteiger partial charge in [-0.15, -0.1) is 5.10 Å². The summed E-state index contributed by atoms with van der Waals surface area (Å²) < 4.78 is 1.60. The summed E-state index contributed by atoms with van der Waals surface area (Å²) in [6.07, 6.45) is 0.953. The second-order valence-corrected chi connectivity index (χ2v) is 7.27. The maximum Gasteiger partial charge on any atom is 0.214 e. The summed E-state index contributed by atoms with van der Waals surface area (Å²) in [6.45, 7) is 3.95. The molecule has 25 heavy (non-hydrogen) atoms. The molecule has 0 bridgehead atoms. The van der Waals surface area contributed by atoms with E-state index in [1.54, 1.807) is 16.8 Å². The van der Waals surface area contributed by atoms with Crippen LogP contribution in [0.4, 0.5) is 0 Å². The molecule has 0 fully saturated rings. The Hall–Kier alpha value is -2.18. The summed E-state index contributed by atoms with van der Waals surface area (Å²) in [5.74, 6) is 0.0540. The summed E-state index contributed by atoms with van der Waals surface area (Å²) in [6, 6.07) is 14.9. The van der Waals surface area contributed by atoms with Gasteiger partial charge < -0.3 is 0 Å². The topological polar surface area (TPSA) is 60.7 Å². The molecule has 1 aromatic heterocycles. The minimum atomic E-state index is -0.301. The smallest absolute Gasteiger partial charge is 0.214 e. The Morgan fingerprint density at radius 1 is 1.16 bits per heavy atom. The molecule has 128 valence electrons. The van der Waals surface area contributed by atoms with Crippen LogP contribution in [0.25, 0.3) is 5.69 Å². The molecule has 0 aliphatic rings. The van der Waals surface area contributed by atoms with E-state index in [1.165, 1.54) is 17.3 Å². The van der Waals surface area contributed by atoms with E-state index in [0.29, 0.717) is 15.7 Å². The predicted molar refractivity (Wildman–Crippen MR) is 99.6 cm³/mol. The molecule has 3 rings (SSSR count). The van der Waals surface area contributed by atoms with Gasteiger partial charge in [0.25, 0.3) is 0 Å². The summed E-state index contributed by atoms with van der Waals surface area (Å²) >= 11 is 7.25. The van der Waals surface area contributed by atoms with Crippen molar-refractivity contribution in [3.05, 3.63) is 64.7 Å². The van der Waals surface area contributed by atoms with Crippen LogP contribution in [0.5, 0.6) is 0 Å². The van der Waals surface area contributed by atoms with Gasteiger partial charge in [-0.1, -0.05) is 54.6 Å². The summed E-state index contributed by atoms with van der Waals surface area (Å²) in [5.41, 5.74) is 2.70. The van der Waals surface area contributed by atoms with Gasteiger partial charge in [0.1, 0.15) is 0 Å². The van der Waals surface area contributed by atoms with Crippen molar-refractivity contribution in [3.63, 3.8) is 0 Å². The first-order valence-electron chi connectivity index (χ1n) is 7.92. The van der Waals surface area contributed by atoms with Crippen molar-refractivity contribution in [2.75, 3.05) is 0 Å². The summed E-state index contributed by atoms with van der Waals surface area (Å²) in [7, 11) is 0. The Balaban J connectivity index is 1.77. The molecule has 0 radical (unpaired) electrons. The summed E-state index contributed by atoms with van der Waals surface area (Å²) in [5, 5.41) is 12.7. The Morgan fingerprint density at radius 3 is 2.48 bits per heavy atom. The van der Waals surface area contributed by atoms with Crippen LogP contribution < -0.4 is 0 Å². The predicted octanol–water partition coefficient (Wildman–Crippen LogP) is 4.24. The molecule has 0 saturated heterocycles. The van der Waals surface area contributed by atoms with E-state index in [4.69, 9.17) is 11.6 Å². The fourth-order valence-electron chi connectivity index (χ4n) is 2.35. The van der Waals surface area contributed by atoms with Crippen LogP contribution in [0.2, 0.25) is 5.02 Å². The van der Waals surface area contributed by atoms with E-state index in [2.05, 4.69) is 22.4 Å². The first-order chi connectivity index (χ1) is 12.1. The quantitative estimate of drug-likeness (QED) is 0.478.